The number of cyclic esters (lactones) is 1. The summed E-state index contributed by atoms with van der Waals surface area (Å²) in [7, 11) is 0. The third-order valence-corrected chi connectivity index (χ3v) is 7.63. The van der Waals surface area contributed by atoms with Crippen LogP contribution in [0.5, 0.6) is 0 Å². The first-order chi connectivity index (χ1) is 16.2. The van der Waals surface area contributed by atoms with Crippen molar-refractivity contribution in [2.45, 2.75) is 92.5 Å². The maximum absolute atomic E-state index is 13.2. The third-order valence-electron chi connectivity index (χ3n) is 6.84. The normalized spacial score (nSPS) is 30.1. The number of esters is 1. The van der Waals surface area contributed by atoms with Crippen LogP contribution in [0.1, 0.15) is 77.9 Å². The number of rotatable bonds is 2. The first kappa shape index (κ1) is 29.1. The van der Waals surface area contributed by atoms with E-state index >= 15 is 0 Å². The minimum absolute atomic E-state index is 0.0323. The molecule has 0 bridgehead atoms. The zero-order valence-corrected chi connectivity index (χ0v) is 22.6. The van der Waals surface area contributed by atoms with Crippen LogP contribution in [0.15, 0.2) is 22.6 Å². The predicted octanol–water partition coefficient (Wildman–Crippen LogP) is 4.45. The Balaban J connectivity index is 2.39. The summed E-state index contributed by atoms with van der Waals surface area (Å²) in [5.41, 5.74) is 1.12. The van der Waals surface area contributed by atoms with E-state index < -0.39 is 41.5 Å². The molecule has 0 aliphatic carbocycles. The number of carbonyl (C=O) groups excluding carboxylic acids is 3. The zero-order valence-electron chi connectivity index (χ0n) is 21.8. The van der Waals surface area contributed by atoms with Crippen LogP contribution in [-0.4, -0.2) is 51.0 Å². The van der Waals surface area contributed by atoms with Crippen molar-refractivity contribution in [1.29, 1.82) is 0 Å². The molecule has 2 rings (SSSR count). The van der Waals surface area contributed by atoms with Crippen molar-refractivity contribution in [2.75, 3.05) is 0 Å². The van der Waals surface area contributed by atoms with E-state index in [4.69, 9.17) is 4.74 Å². The molecule has 0 saturated heterocycles. The van der Waals surface area contributed by atoms with Crippen molar-refractivity contribution >= 4 is 34.9 Å². The van der Waals surface area contributed by atoms with E-state index in [0.717, 1.165) is 21.8 Å². The lowest BCUT2D eigenvalue weighted by atomic mass is 9.73. The Morgan fingerprint density at radius 1 is 1.17 bits per heavy atom. The van der Waals surface area contributed by atoms with Crippen molar-refractivity contribution in [3.63, 3.8) is 0 Å². The molecule has 8 heteroatoms. The van der Waals surface area contributed by atoms with E-state index in [1.807, 2.05) is 38.3 Å². The number of ether oxygens (including phenoxy) is 1. The van der Waals surface area contributed by atoms with E-state index in [0.29, 0.717) is 6.42 Å². The smallest absolute Gasteiger partial charge is 0.309 e. The van der Waals surface area contributed by atoms with Crippen LogP contribution in [0.3, 0.4) is 0 Å². The number of thiazole rings is 1. The van der Waals surface area contributed by atoms with Gasteiger partial charge in [0.1, 0.15) is 17.7 Å². The molecule has 194 valence electrons. The summed E-state index contributed by atoms with van der Waals surface area (Å²) in [6.45, 7) is 12.1. The fourth-order valence-corrected chi connectivity index (χ4v) is 4.93. The summed E-state index contributed by atoms with van der Waals surface area (Å²) in [6, 6.07) is 0. The van der Waals surface area contributed by atoms with Gasteiger partial charge in [0.2, 0.25) is 0 Å². The average molecular weight is 506 g/mol. The fourth-order valence-electron chi connectivity index (χ4n) is 4.36. The maximum atomic E-state index is 13.2. The second kappa shape index (κ2) is 12.2. The summed E-state index contributed by atoms with van der Waals surface area (Å²) in [6.07, 6.45) is 1.21. The number of aliphatic hydroxyl groups excluding tert-OH is 2. The second-order valence-electron chi connectivity index (χ2n) is 10.4. The van der Waals surface area contributed by atoms with Crippen molar-refractivity contribution in [2.24, 2.45) is 17.3 Å². The van der Waals surface area contributed by atoms with E-state index in [1.165, 1.54) is 11.3 Å². The number of Topliss-reactive ketones (excluding diaryl/α,β-unsaturated/α-hetero) is 2. The number of ketones is 2. The van der Waals surface area contributed by atoms with Crippen LogP contribution in [-0.2, 0) is 19.1 Å². The molecule has 0 aromatic carbocycles. The Morgan fingerprint density at radius 2 is 1.83 bits per heavy atom. The molecule has 1 aliphatic heterocycles. The lowest BCUT2D eigenvalue weighted by Gasteiger charge is -2.34. The molecular formula is C27H39NO6S. The van der Waals surface area contributed by atoms with E-state index in [9.17, 15) is 24.6 Å². The highest BCUT2D eigenvalue weighted by atomic mass is 32.1. The Morgan fingerprint density at radius 3 is 2.43 bits per heavy atom. The number of nitrogens with zero attached hydrogens (tertiary/aromatic N) is 1. The van der Waals surface area contributed by atoms with Gasteiger partial charge in [0, 0.05) is 30.6 Å². The first-order valence-corrected chi connectivity index (χ1v) is 13.0. The van der Waals surface area contributed by atoms with Crippen LogP contribution in [0, 0.1) is 24.2 Å². The maximum Gasteiger partial charge on any atom is 0.309 e. The number of allylic oxidation sites excluding steroid dienone is 1. The molecule has 0 amide bonds. The third kappa shape index (κ3) is 7.92. The molecule has 2 N–H and O–H groups in total. The van der Waals surface area contributed by atoms with Gasteiger partial charge in [-0.2, -0.15) is 0 Å². The zero-order chi connectivity index (χ0) is 26.5. The number of carbonyl (C=O) groups is 3. The quantitative estimate of drug-likeness (QED) is 0.451. The molecule has 2 heterocycles. The Hall–Kier alpha value is -2.16. The van der Waals surface area contributed by atoms with Crippen molar-refractivity contribution in [3.05, 3.63) is 33.3 Å². The second-order valence-corrected chi connectivity index (χ2v) is 11.5. The van der Waals surface area contributed by atoms with Gasteiger partial charge >= 0.3 is 5.97 Å². The first-order valence-electron chi connectivity index (χ1n) is 12.1. The van der Waals surface area contributed by atoms with Crippen LogP contribution in [0.2, 0.25) is 0 Å². The van der Waals surface area contributed by atoms with Gasteiger partial charge in [-0.3, -0.25) is 14.4 Å². The van der Waals surface area contributed by atoms with E-state index in [-0.39, 0.29) is 30.8 Å². The summed E-state index contributed by atoms with van der Waals surface area (Å²) < 4.78 is 5.75. The number of hydrogen-bond donors (Lipinski definition) is 2. The fraction of sp³-hybridized carbons (Fsp3) is 0.630. The molecular weight excluding hydrogens is 466 g/mol. The van der Waals surface area contributed by atoms with Crippen LogP contribution >= 0.6 is 11.3 Å². The summed E-state index contributed by atoms with van der Waals surface area (Å²) in [5, 5.41) is 24.4. The van der Waals surface area contributed by atoms with Crippen LogP contribution in [0.25, 0.3) is 6.08 Å². The summed E-state index contributed by atoms with van der Waals surface area (Å²) in [5.74, 6) is -2.24. The van der Waals surface area contributed by atoms with Gasteiger partial charge < -0.3 is 14.9 Å². The molecule has 0 saturated carbocycles. The van der Waals surface area contributed by atoms with E-state index in [1.54, 1.807) is 27.7 Å². The molecule has 0 radical (unpaired) electrons. The minimum atomic E-state index is -1.29. The van der Waals surface area contributed by atoms with Gasteiger partial charge in [-0.15, -0.1) is 11.3 Å². The molecule has 1 aliphatic rings. The van der Waals surface area contributed by atoms with Crippen molar-refractivity contribution < 1.29 is 29.3 Å². The summed E-state index contributed by atoms with van der Waals surface area (Å²) in [4.78, 5) is 43.1. The standard InChI is InChI=1S/C27H39NO6S/c1-15-8-9-22(16(2)11-20-14-35-19(5)28-20)34-24(31)13-23(30)27(6,7)26(33)18(4)25(32)17(3)12-21(29)10-15/h8,11,14,17-18,22-23,25,30,32H,9-10,12-13H2,1-7H3/t17-,18+,22-,23-,25-/m0/s1. The van der Waals surface area contributed by atoms with Crippen molar-refractivity contribution in [3.8, 4) is 0 Å². The van der Waals surface area contributed by atoms with Gasteiger partial charge in [-0.05, 0) is 38.3 Å². The number of aryl methyl sites for hydroxylation is 1. The molecule has 0 spiro atoms. The number of aliphatic hydroxyl groups is 2. The van der Waals surface area contributed by atoms with Crippen LogP contribution in [0.4, 0.5) is 0 Å². The summed E-state index contributed by atoms with van der Waals surface area (Å²) >= 11 is 1.53. The lowest BCUT2D eigenvalue weighted by Crippen LogP contribution is -2.46. The highest BCUT2D eigenvalue weighted by Gasteiger charge is 2.42. The lowest BCUT2D eigenvalue weighted by molar-refractivity contribution is -0.154. The van der Waals surface area contributed by atoms with Gasteiger partial charge in [0.05, 0.1) is 34.7 Å². The SMILES string of the molecule is CC1=CC[C@@H](C(C)=Cc2csc(C)n2)OC(=O)C[C@H](O)C(C)(C)C(=O)[C@H](C)[C@@H](O)[C@@H](C)CC(=O)C1. The molecule has 0 fully saturated rings. The average Bonchev–Trinajstić information content (AvgIpc) is 3.18. The Bertz CT molecular complexity index is 992. The highest BCUT2D eigenvalue weighted by Crippen LogP contribution is 2.32. The predicted molar refractivity (Wildman–Crippen MR) is 137 cm³/mol. The van der Waals surface area contributed by atoms with Gasteiger partial charge in [0.25, 0.3) is 0 Å². The largest absolute Gasteiger partial charge is 0.457 e. The van der Waals surface area contributed by atoms with Gasteiger partial charge in [-0.25, -0.2) is 4.98 Å². The van der Waals surface area contributed by atoms with Crippen LogP contribution < -0.4 is 0 Å². The van der Waals surface area contributed by atoms with Gasteiger partial charge in [-0.1, -0.05) is 39.3 Å². The number of aromatic nitrogens is 1. The Labute approximate surface area is 212 Å². The molecule has 0 unspecified atom stereocenters. The molecule has 7 nitrogen and oxygen atoms in total. The monoisotopic (exact) mass is 505 g/mol. The Kier molecular flexibility index (Phi) is 10.1. The highest BCUT2D eigenvalue weighted by molar-refractivity contribution is 7.09. The molecule has 35 heavy (non-hydrogen) atoms. The molecule has 1 aromatic rings. The van der Waals surface area contributed by atoms with Crippen molar-refractivity contribution in [1.82, 2.24) is 4.98 Å². The minimum Gasteiger partial charge on any atom is -0.457 e. The molecule has 1 aromatic heterocycles. The molecule has 5 atom stereocenters. The topological polar surface area (TPSA) is 114 Å². The van der Waals surface area contributed by atoms with Gasteiger partial charge in [0.15, 0.2) is 0 Å². The van der Waals surface area contributed by atoms with E-state index in [2.05, 4.69) is 4.98 Å². The number of hydrogen-bond acceptors (Lipinski definition) is 8.